The second kappa shape index (κ2) is 5.57. The normalized spacial score (nSPS) is 13.4. The van der Waals surface area contributed by atoms with Gasteiger partial charge in [-0.15, -0.1) is 0 Å². The predicted molar refractivity (Wildman–Crippen MR) is 98.5 cm³/mol. The molecule has 3 aromatic heterocycles. The molecule has 27 heavy (non-hydrogen) atoms. The lowest BCUT2D eigenvalue weighted by Gasteiger charge is -2.03. The Morgan fingerprint density at radius 2 is 1.67 bits per heavy atom. The highest BCUT2D eigenvalue weighted by atomic mass is 16.2. The average Bonchev–Trinajstić information content (AvgIpc) is 3.21. The quantitative estimate of drug-likeness (QED) is 0.517. The Labute approximate surface area is 153 Å². The van der Waals surface area contributed by atoms with E-state index in [1.54, 1.807) is 10.9 Å². The number of pyridine rings is 2. The molecular weight excluding hydrogens is 342 g/mol. The highest BCUT2D eigenvalue weighted by Crippen LogP contribution is 2.35. The summed E-state index contributed by atoms with van der Waals surface area (Å²) in [6, 6.07) is 15.0. The first-order chi connectivity index (χ1) is 13.2. The van der Waals surface area contributed by atoms with Gasteiger partial charge in [0.05, 0.1) is 16.5 Å². The smallest absolute Gasteiger partial charge is 0.262 e. The topological polar surface area (TPSA) is 81.0 Å². The molecule has 1 aliphatic heterocycles. The van der Waals surface area contributed by atoms with Crippen LogP contribution in [0.5, 0.6) is 0 Å². The number of hydrogen-bond acceptors (Lipinski definition) is 5. The van der Waals surface area contributed by atoms with E-state index in [-0.39, 0.29) is 11.8 Å². The maximum Gasteiger partial charge on any atom is 0.262 e. The summed E-state index contributed by atoms with van der Waals surface area (Å²) in [5.41, 5.74) is 2.56. The van der Waals surface area contributed by atoms with Crippen LogP contribution < -0.4 is 0 Å². The van der Waals surface area contributed by atoms with E-state index in [1.165, 1.54) is 13.2 Å². The molecule has 1 aliphatic rings. The minimum atomic E-state index is -0.353. The summed E-state index contributed by atoms with van der Waals surface area (Å²) in [5.74, 6) is -0.114. The van der Waals surface area contributed by atoms with Gasteiger partial charge in [0.25, 0.3) is 11.8 Å². The van der Waals surface area contributed by atoms with Crippen LogP contribution in [0.3, 0.4) is 0 Å². The third-order valence-electron chi connectivity index (χ3n) is 4.66. The van der Waals surface area contributed by atoms with Gasteiger partial charge in [0.15, 0.2) is 11.5 Å². The average molecular weight is 355 g/mol. The van der Waals surface area contributed by atoms with Crippen LogP contribution >= 0.6 is 0 Å². The Kier molecular flexibility index (Phi) is 3.17. The number of amides is 2. The zero-order valence-corrected chi connectivity index (χ0v) is 14.3. The van der Waals surface area contributed by atoms with Crippen molar-refractivity contribution in [3.8, 4) is 17.1 Å². The number of nitrogens with zero attached hydrogens (tertiary/aromatic N) is 5. The minimum Gasteiger partial charge on any atom is -0.277 e. The van der Waals surface area contributed by atoms with E-state index in [0.29, 0.717) is 33.7 Å². The van der Waals surface area contributed by atoms with Crippen molar-refractivity contribution in [2.24, 2.45) is 0 Å². The Morgan fingerprint density at radius 1 is 0.889 bits per heavy atom. The lowest BCUT2D eigenvalue weighted by molar-refractivity contribution is 0.0693. The Morgan fingerprint density at radius 3 is 2.41 bits per heavy atom. The van der Waals surface area contributed by atoms with Crippen LogP contribution in [-0.4, -0.2) is 43.5 Å². The van der Waals surface area contributed by atoms with E-state index >= 15 is 0 Å². The van der Waals surface area contributed by atoms with Crippen molar-refractivity contribution in [1.29, 1.82) is 0 Å². The fraction of sp³-hybridized carbons (Fsp3) is 0.0500. The predicted octanol–water partition coefficient (Wildman–Crippen LogP) is 2.71. The molecule has 4 heterocycles. The lowest BCUT2D eigenvalue weighted by atomic mass is 10.0. The van der Waals surface area contributed by atoms with E-state index in [9.17, 15) is 9.59 Å². The molecule has 0 N–H and O–H groups in total. The third kappa shape index (κ3) is 2.11. The molecular formula is C20H13N5O2. The van der Waals surface area contributed by atoms with Gasteiger partial charge < -0.3 is 0 Å². The third-order valence-corrected chi connectivity index (χ3v) is 4.66. The van der Waals surface area contributed by atoms with Crippen molar-refractivity contribution in [1.82, 2.24) is 24.6 Å². The van der Waals surface area contributed by atoms with Gasteiger partial charge in [-0.25, -0.2) is 9.97 Å². The van der Waals surface area contributed by atoms with Crippen LogP contribution in [0.2, 0.25) is 0 Å². The molecule has 0 aliphatic carbocycles. The highest BCUT2D eigenvalue weighted by Gasteiger charge is 2.37. The molecule has 4 aromatic rings. The summed E-state index contributed by atoms with van der Waals surface area (Å²) in [6.45, 7) is 0. The summed E-state index contributed by atoms with van der Waals surface area (Å²) < 4.78 is 1.61. The molecule has 0 atom stereocenters. The summed E-state index contributed by atoms with van der Waals surface area (Å²) in [4.78, 5) is 35.1. The number of carbonyl (C=O) groups is 2. The van der Waals surface area contributed by atoms with Gasteiger partial charge in [0.1, 0.15) is 5.69 Å². The first kappa shape index (κ1) is 15.4. The van der Waals surface area contributed by atoms with Gasteiger partial charge in [-0.3, -0.25) is 14.5 Å². The van der Waals surface area contributed by atoms with Crippen LogP contribution in [0.25, 0.3) is 28.1 Å². The standard InChI is InChI=1S/C20H13N5O2/c1-24-19(26)13-11-22-18-16(15(13)20(24)27)17(12-7-3-2-4-8-12)23-25(18)14-9-5-6-10-21-14/h2-11H,1H3. The fourth-order valence-electron chi connectivity index (χ4n) is 3.35. The lowest BCUT2D eigenvalue weighted by Crippen LogP contribution is -2.24. The first-order valence-electron chi connectivity index (χ1n) is 8.38. The monoisotopic (exact) mass is 355 g/mol. The largest absolute Gasteiger partial charge is 0.277 e. The number of benzene rings is 1. The zero-order chi connectivity index (χ0) is 18.5. The first-order valence-corrected chi connectivity index (χ1v) is 8.38. The molecule has 0 saturated carbocycles. The number of rotatable bonds is 2. The molecule has 0 radical (unpaired) electrons. The van der Waals surface area contributed by atoms with Crippen LogP contribution in [0.4, 0.5) is 0 Å². The number of imide groups is 1. The number of carbonyl (C=O) groups excluding carboxylic acids is 2. The Balaban J connectivity index is 1.92. The van der Waals surface area contributed by atoms with Crippen molar-refractivity contribution >= 4 is 22.8 Å². The molecule has 0 fully saturated rings. The Bertz CT molecular complexity index is 1220. The second-order valence-corrected chi connectivity index (χ2v) is 6.23. The van der Waals surface area contributed by atoms with Gasteiger partial charge in [-0.2, -0.15) is 9.78 Å². The summed E-state index contributed by atoms with van der Waals surface area (Å²) in [6.07, 6.45) is 3.11. The summed E-state index contributed by atoms with van der Waals surface area (Å²) in [7, 11) is 1.47. The van der Waals surface area contributed by atoms with Gasteiger partial charge in [0, 0.05) is 25.0 Å². The SMILES string of the molecule is CN1C(=O)c2cnc3c(c(-c4ccccc4)nn3-c3ccccn3)c2C1=O. The Hall–Kier alpha value is -3.87. The maximum absolute atomic E-state index is 12.8. The molecule has 0 spiro atoms. The molecule has 7 nitrogen and oxygen atoms in total. The van der Waals surface area contributed by atoms with E-state index in [4.69, 9.17) is 5.10 Å². The van der Waals surface area contributed by atoms with E-state index in [0.717, 1.165) is 10.5 Å². The molecule has 2 amide bonds. The van der Waals surface area contributed by atoms with E-state index < -0.39 is 0 Å². The van der Waals surface area contributed by atoms with Crippen molar-refractivity contribution in [3.63, 3.8) is 0 Å². The van der Waals surface area contributed by atoms with Crippen LogP contribution in [-0.2, 0) is 0 Å². The van der Waals surface area contributed by atoms with Crippen LogP contribution in [0.15, 0.2) is 60.9 Å². The van der Waals surface area contributed by atoms with Crippen LogP contribution in [0.1, 0.15) is 20.7 Å². The number of aromatic nitrogens is 4. The van der Waals surface area contributed by atoms with Gasteiger partial charge in [0.2, 0.25) is 0 Å². The molecule has 130 valence electrons. The minimum absolute atomic E-state index is 0.299. The maximum atomic E-state index is 12.8. The molecule has 7 heteroatoms. The second-order valence-electron chi connectivity index (χ2n) is 6.23. The molecule has 0 saturated heterocycles. The van der Waals surface area contributed by atoms with Gasteiger partial charge in [-0.1, -0.05) is 36.4 Å². The van der Waals surface area contributed by atoms with E-state index in [1.807, 2.05) is 48.5 Å². The summed E-state index contributed by atoms with van der Waals surface area (Å²) >= 11 is 0. The van der Waals surface area contributed by atoms with Gasteiger partial charge in [-0.05, 0) is 12.1 Å². The van der Waals surface area contributed by atoms with Crippen molar-refractivity contribution in [3.05, 3.63) is 72.1 Å². The fourth-order valence-corrected chi connectivity index (χ4v) is 3.35. The molecule has 5 rings (SSSR count). The zero-order valence-electron chi connectivity index (χ0n) is 14.3. The highest BCUT2D eigenvalue weighted by molar-refractivity contribution is 6.27. The number of fused-ring (bicyclic) bond motifs is 3. The van der Waals surface area contributed by atoms with Crippen LogP contribution in [0, 0.1) is 0 Å². The molecule has 1 aromatic carbocycles. The van der Waals surface area contributed by atoms with Crippen molar-refractivity contribution in [2.45, 2.75) is 0 Å². The molecule has 0 unspecified atom stereocenters. The van der Waals surface area contributed by atoms with Crippen molar-refractivity contribution in [2.75, 3.05) is 7.05 Å². The van der Waals surface area contributed by atoms with E-state index in [2.05, 4.69) is 9.97 Å². The van der Waals surface area contributed by atoms with Crippen molar-refractivity contribution < 1.29 is 9.59 Å². The van der Waals surface area contributed by atoms with Gasteiger partial charge >= 0.3 is 0 Å². The molecule has 0 bridgehead atoms. The number of hydrogen-bond donors (Lipinski definition) is 0. The summed E-state index contributed by atoms with van der Waals surface area (Å²) in [5, 5.41) is 5.26.